The van der Waals surface area contributed by atoms with E-state index in [0.717, 1.165) is 5.25 Å². The zero-order valence-corrected chi connectivity index (χ0v) is 8.56. The summed E-state index contributed by atoms with van der Waals surface area (Å²) in [4.78, 5) is 0.491. The Bertz CT molecular complexity index is 138. The summed E-state index contributed by atoms with van der Waals surface area (Å²) >= 11 is 4.27. The molecule has 2 fully saturated rings. The van der Waals surface area contributed by atoms with Crippen LogP contribution >= 0.6 is 23.5 Å². The lowest BCUT2D eigenvalue weighted by molar-refractivity contribution is 0.466. The lowest BCUT2D eigenvalue weighted by atomic mass is 10.1. The first-order valence-electron chi connectivity index (χ1n) is 4.31. The van der Waals surface area contributed by atoms with E-state index in [9.17, 15) is 0 Å². The van der Waals surface area contributed by atoms with Gasteiger partial charge in [-0.05, 0) is 24.3 Å². The van der Waals surface area contributed by atoms with Gasteiger partial charge in [0.2, 0.25) is 0 Å². The molecule has 0 aliphatic carbocycles. The van der Waals surface area contributed by atoms with E-state index in [1.165, 1.54) is 30.9 Å². The van der Waals surface area contributed by atoms with E-state index in [1.54, 1.807) is 0 Å². The third kappa shape index (κ3) is 1.70. The first-order valence-corrected chi connectivity index (χ1v) is 6.35. The van der Waals surface area contributed by atoms with Crippen molar-refractivity contribution < 1.29 is 0 Å². The summed E-state index contributed by atoms with van der Waals surface area (Å²) in [7, 11) is 0. The van der Waals surface area contributed by atoms with Gasteiger partial charge in [-0.25, -0.2) is 0 Å². The summed E-state index contributed by atoms with van der Waals surface area (Å²) in [5.41, 5.74) is 0. The smallest absolute Gasteiger partial charge is 0.0664 e. The van der Waals surface area contributed by atoms with Crippen LogP contribution in [-0.2, 0) is 0 Å². The largest absolute Gasteiger partial charge is 0.302 e. The molecular formula is C8H15NS2. The van der Waals surface area contributed by atoms with Gasteiger partial charge < -0.3 is 5.32 Å². The molecule has 0 amide bonds. The van der Waals surface area contributed by atoms with Gasteiger partial charge in [-0.1, -0.05) is 6.92 Å². The fraction of sp³-hybridized carbons (Fsp3) is 1.00. The van der Waals surface area contributed by atoms with Crippen LogP contribution in [0.25, 0.3) is 0 Å². The Morgan fingerprint density at radius 3 is 2.64 bits per heavy atom. The highest BCUT2D eigenvalue weighted by molar-refractivity contribution is 8.02. The Labute approximate surface area is 77.1 Å². The van der Waals surface area contributed by atoms with Gasteiger partial charge in [0.05, 0.1) is 4.87 Å². The molecule has 0 saturated carbocycles. The maximum Gasteiger partial charge on any atom is 0.0664 e. The van der Waals surface area contributed by atoms with E-state index in [-0.39, 0.29) is 0 Å². The van der Waals surface area contributed by atoms with E-state index in [0.29, 0.717) is 4.87 Å². The first kappa shape index (κ1) is 8.27. The molecule has 0 aromatic heterocycles. The third-order valence-corrected chi connectivity index (χ3v) is 5.00. The molecule has 3 heteroatoms. The van der Waals surface area contributed by atoms with Gasteiger partial charge in [-0.2, -0.15) is 11.8 Å². The van der Waals surface area contributed by atoms with Gasteiger partial charge >= 0.3 is 0 Å². The zero-order valence-electron chi connectivity index (χ0n) is 6.93. The summed E-state index contributed by atoms with van der Waals surface area (Å²) in [6.45, 7) is 3.55. The van der Waals surface area contributed by atoms with Crippen molar-refractivity contribution in [2.24, 2.45) is 0 Å². The monoisotopic (exact) mass is 189 g/mol. The van der Waals surface area contributed by atoms with Crippen molar-refractivity contribution in [2.45, 2.75) is 29.9 Å². The van der Waals surface area contributed by atoms with Crippen LogP contribution in [0.15, 0.2) is 0 Å². The summed E-state index contributed by atoms with van der Waals surface area (Å²) in [6, 6.07) is 0. The van der Waals surface area contributed by atoms with E-state index >= 15 is 0 Å². The van der Waals surface area contributed by atoms with E-state index < -0.39 is 0 Å². The third-order valence-electron chi connectivity index (χ3n) is 2.44. The Morgan fingerprint density at radius 2 is 2.09 bits per heavy atom. The van der Waals surface area contributed by atoms with Gasteiger partial charge in [0, 0.05) is 11.8 Å². The number of rotatable bonds is 0. The molecule has 1 N–H and O–H groups in total. The van der Waals surface area contributed by atoms with Crippen molar-refractivity contribution in [3.8, 4) is 0 Å². The van der Waals surface area contributed by atoms with Gasteiger partial charge in [0.25, 0.3) is 0 Å². The SMILES string of the molecule is CC1CNC2(CCSCC2)S1. The second kappa shape index (κ2) is 3.19. The van der Waals surface area contributed by atoms with E-state index in [4.69, 9.17) is 0 Å². The summed E-state index contributed by atoms with van der Waals surface area (Å²) in [5.74, 6) is 2.71. The Morgan fingerprint density at radius 1 is 1.36 bits per heavy atom. The molecule has 0 aromatic carbocycles. The molecule has 1 spiro atoms. The van der Waals surface area contributed by atoms with Crippen LogP contribution in [0, 0.1) is 0 Å². The number of thioether (sulfide) groups is 2. The number of hydrogen-bond donors (Lipinski definition) is 1. The molecular weight excluding hydrogens is 174 g/mol. The lowest BCUT2D eigenvalue weighted by Gasteiger charge is -2.32. The van der Waals surface area contributed by atoms with Gasteiger partial charge in [-0.15, -0.1) is 11.8 Å². The van der Waals surface area contributed by atoms with Crippen molar-refractivity contribution in [2.75, 3.05) is 18.1 Å². The standard InChI is InChI=1S/C8H15NS2/c1-7-6-9-8(11-7)2-4-10-5-3-8/h7,9H,2-6H2,1H3. The average Bonchev–Trinajstić information content (AvgIpc) is 2.34. The minimum Gasteiger partial charge on any atom is -0.302 e. The molecule has 1 nitrogen and oxygen atoms in total. The van der Waals surface area contributed by atoms with Crippen molar-refractivity contribution in [1.29, 1.82) is 0 Å². The maximum atomic E-state index is 3.67. The molecule has 2 aliphatic rings. The molecule has 0 bridgehead atoms. The van der Waals surface area contributed by atoms with E-state index in [1.807, 2.05) is 0 Å². The molecule has 0 radical (unpaired) electrons. The minimum atomic E-state index is 0.491. The Balaban J connectivity index is 1.98. The van der Waals surface area contributed by atoms with Crippen LogP contribution in [0.2, 0.25) is 0 Å². The van der Waals surface area contributed by atoms with Crippen LogP contribution < -0.4 is 5.32 Å². The van der Waals surface area contributed by atoms with Crippen molar-refractivity contribution in [3.63, 3.8) is 0 Å². The summed E-state index contributed by atoms with van der Waals surface area (Å²) in [5, 5.41) is 4.50. The van der Waals surface area contributed by atoms with E-state index in [2.05, 4.69) is 35.8 Å². The zero-order chi connectivity index (χ0) is 7.73. The second-order valence-electron chi connectivity index (χ2n) is 3.42. The molecule has 2 rings (SSSR count). The molecule has 0 aromatic rings. The highest BCUT2D eigenvalue weighted by Gasteiger charge is 2.38. The van der Waals surface area contributed by atoms with Crippen molar-refractivity contribution >= 4 is 23.5 Å². The fourth-order valence-electron chi connectivity index (χ4n) is 1.79. The molecule has 2 aliphatic heterocycles. The van der Waals surface area contributed by atoms with Crippen molar-refractivity contribution in [3.05, 3.63) is 0 Å². The van der Waals surface area contributed by atoms with Gasteiger partial charge in [0.1, 0.15) is 0 Å². The van der Waals surface area contributed by atoms with Crippen molar-refractivity contribution in [1.82, 2.24) is 5.32 Å². The highest BCUT2D eigenvalue weighted by atomic mass is 32.2. The minimum absolute atomic E-state index is 0.491. The average molecular weight is 189 g/mol. The molecule has 11 heavy (non-hydrogen) atoms. The molecule has 1 unspecified atom stereocenters. The van der Waals surface area contributed by atoms with Gasteiger partial charge in [-0.3, -0.25) is 0 Å². The molecule has 1 atom stereocenters. The van der Waals surface area contributed by atoms with Crippen LogP contribution in [0.3, 0.4) is 0 Å². The normalized spacial score (nSPS) is 36.3. The topological polar surface area (TPSA) is 12.0 Å². The molecule has 64 valence electrons. The van der Waals surface area contributed by atoms with Gasteiger partial charge in [0.15, 0.2) is 0 Å². The molecule has 2 saturated heterocycles. The molecule has 2 heterocycles. The predicted octanol–water partition coefficient (Wildman–Crippen LogP) is 1.93. The predicted molar refractivity (Wildman–Crippen MR) is 54.3 cm³/mol. The van der Waals surface area contributed by atoms with Crippen LogP contribution in [0.5, 0.6) is 0 Å². The number of nitrogens with one attached hydrogen (secondary N) is 1. The summed E-state index contributed by atoms with van der Waals surface area (Å²) < 4.78 is 0. The van der Waals surface area contributed by atoms with Crippen LogP contribution in [0.4, 0.5) is 0 Å². The Hall–Kier alpha value is 0.660. The maximum absolute atomic E-state index is 3.67. The number of hydrogen-bond acceptors (Lipinski definition) is 3. The highest BCUT2D eigenvalue weighted by Crippen LogP contribution is 2.42. The fourth-order valence-corrected chi connectivity index (χ4v) is 4.79. The quantitative estimate of drug-likeness (QED) is 0.625. The lowest BCUT2D eigenvalue weighted by Crippen LogP contribution is -2.40. The summed E-state index contributed by atoms with van der Waals surface area (Å²) in [6.07, 6.45) is 2.74. The van der Waals surface area contributed by atoms with Crippen LogP contribution in [0.1, 0.15) is 19.8 Å². The second-order valence-corrected chi connectivity index (χ2v) is 6.46. The Kier molecular flexibility index (Phi) is 2.40. The van der Waals surface area contributed by atoms with Crippen LogP contribution in [-0.4, -0.2) is 28.2 Å². The first-order chi connectivity index (χ1) is 5.31.